The Morgan fingerprint density at radius 3 is 2.42 bits per heavy atom. The summed E-state index contributed by atoms with van der Waals surface area (Å²) in [4.78, 5) is 22.0. The summed E-state index contributed by atoms with van der Waals surface area (Å²) in [5.41, 5.74) is 6.08. The third kappa shape index (κ3) is 3.22. The molecular weight excluding hydrogens is 312 g/mol. The molecule has 1 amide bonds. The molecule has 0 atom stereocenters. The number of primary amides is 1. The maximum absolute atomic E-state index is 11.6. The number of carbonyl (C=O) groups excluding carboxylic acids is 1. The largest absolute Gasteiger partial charge is 0.439 e. The van der Waals surface area contributed by atoms with Crippen LogP contribution in [0.4, 0.5) is 5.69 Å². The molecule has 0 aliphatic rings. The average molecular weight is 332 g/mol. The second kappa shape index (κ2) is 5.95. The highest BCUT2D eigenvalue weighted by atomic mass is 16.6. The van der Waals surface area contributed by atoms with Gasteiger partial charge in [0.15, 0.2) is 5.69 Å². The Hall–Kier alpha value is -2.90. The van der Waals surface area contributed by atoms with Crippen LogP contribution in [0.3, 0.4) is 0 Å². The molecule has 8 heteroatoms. The van der Waals surface area contributed by atoms with Gasteiger partial charge in [-0.25, -0.2) is 4.68 Å². The quantitative estimate of drug-likeness (QED) is 0.683. The summed E-state index contributed by atoms with van der Waals surface area (Å²) in [6.45, 7) is 9.07. The Bertz CT molecular complexity index is 818. The Morgan fingerprint density at radius 1 is 1.33 bits per heavy atom. The molecule has 0 saturated carbocycles. The zero-order valence-corrected chi connectivity index (χ0v) is 14.3. The fraction of sp³-hybridized carbons (Fsp3) is 0.375. The molecular formula is C16H20N4O4. The van der Waals surface area contributed by atoms with E-state index in [4.69, 9.17) is 10.5 Å². The number of carbonyl (C=O) groups is 1. The SMILES string of the molecule is Cc1cc(Oc2c(C)c(C(N)=O)nn2C(C)(C)C)ccc1[N+](=O)[O-]. The van der Waals surface area contributed by atoms with Gasteiger partial charge in [0.2, 0.25) is 5.88 Å². The summed E-state index contributed by atoms with van der Waals surface area (Å²) in [6.07, 6.45) is 0. The molecule has 0 radical (unpaired) electrons. The predicted molar refractivity (Wildman–Crippen MR) is 88.4 cm³/mol. The molecule has 2 N–H and O–H groups in total. The van der Waals surface area contributed by atoms with Crippen molar-refractivity contribution >= 4 is 11.6 Å². The lowest BCUT2D eigenvalue weighted by atomic mass is 10.1. The second-order valence-corrected chi connectivity index (χ2v) is 6.53. The average Bonchev–Trinajstić information content (AvgIpc) is 2.76. The van der Waals surface area contributed by atoms with E-state index in [-0.39, 0.29) is 11.4 Å². The number of hydrogen-bond donors (Lipinski definition) is 1. The molecule has 0 bridgehead atoms. The predicted octanol–water partition coefficient (Wildman–Crippen LogP) is 3.05. The first-order valence-corrected chi connectivity index (χ1v) is 7.35. The third-order valence-electron chi connectivity index (χ3n) is 3.52. The number of hydrogen-bond acceptors (Lipinski definition) is 5. The van der Waals surface area contributed by atoms with Gasteiger partial charge in [-0.1, -0.05) is 0 Å². The molecule has 0 aliphatic carbocycles. The highest BCUT2D eigenvalue weighted by molar-refractivity contribution is 5.92. The minimum absolute atomic E-state index is 0.0150. The molecule has 0 aliphatic heterocycles. The Morgan fingerprint density at radius 2 is 1.96 bits per heavy atom. The van der Waals surface area contributed by atoms with E-state index in [2.05, 4.69) is 5.10 Å². The number of amides is 1. The van der Waals surface area contributed by atoms with Gasteiger partial charge >= 0.3 is 0 Å². The summed E-state index contributed by atoms with van der Waals surface area (Å²) in [5, 5.41) is 15.2. The zero-order valence-electron chi connectivity index (χ0n) is 14.3. The smallest absolute Gasteiger partial charge is 0.272 e. The fourth-order valence-corrected chi connectivity index (χ4v) is 2.30. The lowest BCUT2D eigenvalue weighted by molar-refractivity contribution is -0.385. The molecule has 128 valence electrons. The number of benzene rings is 1. The summed E-state index contributed by atoms with van der Waals surface area (Å²) in [5.74, 6) is 0.160. The molecule has 0 spiro atoms. The van der Waals surface area contributed by atoms with Gasteiger partial charge in [0.25, 0.3) is 11.6 Å². The van der Waals surface area contributed by atoms with Crippen molar-refractivity contribution in [2.75, 3.05) is 0 Å². The molecule has 0 fully saturated rings. The van der Waals surface area contributed by atoms with Gasteiger partial charge < -0.3 is 10.5 Å². The lowest BCUT2D eigenvalue weighted by Crippen LogP contribution is -2.24. The van der Waals surface area contributed by atoms with Crippen LogP contribution < -0.4 is 10.5 Å². The molecule has 24 heavy (non-hydrogen) atoms. The van der Waals surface area contributed by atoms with E-state index in [0.29, 0.717) is 22.8 Å². The normalized spacial score (nSPS) is 11.4. The number of nitro groups is 1. The Kier molecular flexibility index (Phi) is 4.33. The van der Waals surface area contributed by atoms with Gasteiger partial charge in [-0.15, -0.1) is 0 Å². The van der Waals surface area contributed by atoms with E-state index in [9.17, 15) is 14.9 Å². The summed E-state index contributed by atoms with van der Waals surface area (Å²) in [7, 11) is 0. The van der Waals surface area contributed by atoms with Crippen LogP contribution in [0.15, 0.2) is 18.2 Å². The van der Waals surface area contributed by atoms with Gasteiger partial charge in [-0.3, -0.25) is 14.9 Å². The van der Waals surface area contributed by atoms with Crippen molar-refractivity contribution in [1.82, 2.24) is 9.78 Å². The van der Waals surface area contributed by atoms with Crippen molar-refractivity contribution in [3.63, 3.8) is 0 Å². The van der Waals surface area contributed by atoms with Crippen molar-refractivity contribution in [3.05, 3.63) is 45.1 Å². The van der Waals surface area contributed by atoms with Crippen molar-refractivity contribution in [1.29, 1.82) is 0 Å². The van der Waals surface area contributed by atoms with Crippen LogP contribution in [0.1, 0.15) is 42.4 Å². The number of nitrogens with zero attached hydrogens (tertiary/aromatic N) is 3. The highest BCUT2D eigenvalue weighted by Gasteiger charge is 2.27. The Balaban J connectivity index is 2.51. The number of aromatic nitrogens is 2. The first-order chi connectivity index (χ1) is 11.0. The first-order valence-electron chi connectivity index (χ1n) is 7.35. The zero-order chi connectivity index (χ0) is 18.2. The minimum Gasteiger partial charge on any atom is -0.439 e. The molecule has 2 aromatic rings. The molecule has 0 unspecified atom stereocenters. The highest BCUT2D eigenvalue weighted by Crippen LogP contribution is 2.33. The maximum Gasteiger partial charge on any atom is 0.272 e. The van der Waals surface area contributed by atoms with Gasteiger partial charge in [-0.05, 0) is 46.8 Å². The summed E-state index contributed by atoms with van der Waals surface area (Å²) in [6, 6.07) is 4.46. The topological polar surface area (TPSA) is 113 Å². The van der Waals surface area contributed by atoms with Gasteiger partial charge in [-0.2, -0.15) is 5.10 Å². The standard InChI is InChI=1S/C16H20N4O4/c1-9-8-11(6-7-12(9)20(22)23)24-15-10(2)13(14(17)21)18-19(15)16(3,4)5/h6-8H,1-5H3,(H2,17,21). The van der Waals surface area contributed by atoms with Crippen LogP contribution in [0.2, 0.25) is 0 Å². The molecule has 8 nitrogen and oxygen atoms in total. The monoisotopic (exact) mass is 332 g/mol. The molecule has 1 aromatic heterocycles. The third-order valence-corrected chi connectivity index (χ3v) is 3.52. The van der Waals surface area contributed by atoms with Crippen LogP contribution in [0.5, 0.6) is 11.6 Å². The molecule has 2 rings (SSSR count). The molecule has 0 saturated heterocycles. The van der Waals surface area contributed by atoms with E-state index in [1.807, 2.05) is 20.8 Å². The number of nitrogens with two attached hydrogens (primary N) is 1. The van der Waals surface area contributed by atoms with Crippen molar-refractivity contribution < 1.29 is 14.5 Å². The summed E-state index contributed by atoms with van der Waals surface area (Å²) >= 11 is 0. The van der Waals surface area contributed by atoms with Gasteiger partial charge in [0, 0.05) is 17.2 Å². The van der Waals surface area contributed by atoms with E-state index in [1.165, 1.54) is 12.1 Å². The van der Waals surface area contributed by atoms with Crippen molar-refractivity contribution in [2.24, 2.45) is 5.73 Å². The number of aryl methyl sites for hydroxylation is 1. The number of rotatable bonds is 4. The number of ether oxygens (including phenoxy) is 1. The minimum atomic E-state index is -0.639. The van der Waals surface area contributed by atoms with E-state index < -0.39 is 16.4 Å². The first kappa shape index (κ1) is 17.5. The fourth-order valence-electron chi connectivity index (χ4n) is 2.30. The van der Waals surface area contributed by atoms with Crippen molar-refractivity contribution in [2.45, 2.75) is 40.2 Å². The van der Waals surface area contributed by atoms with E-state index >= 15 is 0 Å². The molecule has 1 aromatic carbocycles. The Labute approximate surface area is 139 Å². The van der Waals surface area contributed by atoms with Crippen LogP contribution >= 0.6 is 0 Å². The van der Waals surface area contributed by atoms with Crippen LogP contribution in [-0.2, 0) is 5.54 Å². The molecule has 1 heterocycles. The summed E-state index contributed by atoms with van der Waals surface area (Å²) < 4.78 is 7.47. The van der Waals surface area contributed by atoms with Gasteiger partial charge in [0.05, 0.1) is 10.5 Å². The van der Waals surface area contributed by atoms with E-state index in [0.717, 1.165) is 0 Å². The maximum atomic E-state index is 11.6. The van der Waals surface area contributed by atoms with Crippen LogP contribution in [0.25, 0.3) is 0 Å². The lowest BCUT2D eigenvalue weighted by Gasteiger charge is -2.22. The second-order valence-electron chi connectivity index (χ2n) is 6.53. The van der Waals surface area contributed by atoms with Crippen LogP contribution in [0, 0.1) is 24.0 Å². The van der Waals surface area contributed by atoms with Crippen LogP contribution in [-0.4, -0.2) is 20.6 Å². The van der Waals surface area contributed by atoms with Crippen molar-refractivity contribution in [3.8, 4) is 11.6 Å². The van der Waals surface area contributed by atoms with Gasteiger partial charge in [0.1, 0.15) is 5.75 Å². The van der Waals surface area contributed by atoms with E-state index in [1.54, 1.807) is 24.6 Å². The number of nitro benzene ring substituents is 1.